The van der Waals surface area contributed by atoms with Crippen LogP contribution in [0.15, 0.2) is 24.3 Å². The number of amides is 1. The summed E-state index contributed by atoms with van der Waals surface area (Å²) in [5, 5.41) is 19.0. The van der Waals surface area contributed by atoms with E-state index >= 15 is 0 Å². The first-order chi connectivity index (χ1) is 14.5. The number of hydrogen-bond acceptors (Lipinski definition) is 7. The molecule has 0 saturated carbocycles. The SMILES string of the molecule is COc1c(F)cccc1-c1cc2c(nn1)N(C(=O)OC(C)(C)C)CC1(C)CC(O)CN21. The van der Waals surface area contributed by atoms with Crippen LogP contribution in [-0.4, -0.2) is 58.8 Å². The monoisotopic (exact) mass is 430 g/mol. The maximum Gasteiger partial charge on any atom is 0.416 e. The lowest BCUT2D eigenvalue weighted by Crippen LogP contribution is -2.57. The summed E-state index contributed by atoms with van der Waals surface area (Å²) in [6.07, 6.45) is -0.578. The molecule has 4 rings (SSSR count). The van der Waals surface area contributed by atoms with Gasteiger partial charge in [-0.2, -0.15) is 0 Å². The number of anilines is 2. The molecule has 1 fully saturated rings. The van der Waals surface area contributed by atoms with Crippen LogP contribution in [0.3, 0.4) is 0 Å². The third kappa shape index (κ3) is 3.78. The normalized spacial score (nSPS) is 22.7. The van der Waals surface area contributed by atoms with Crippen molar-refractivity contribution in [3.63, 3.8) is 0 Å². The Morgan fingerprint density at radius 1 is 1.32 bits per heavy atom. The third-order valence-electron chi connectivity index (χ3n) is 5.58. The number of benzene rings is 1. The summed E-state index contributed by atoms with van der Waals surface area (Å²) in [5.74, 6) is -0.0861. The molecule has 2 unspecified atom stereocenters. The van der Waals surface area contributed by atoms with E-state index in [0.717, 1.165) is 0 Å². The zero-order valence-corrected chi connectivity index (χ0v) is 18.3. The van der Waals surface area contributed by atoms with Crippen molar-refractivity contribution in [2.45, 2.75) is 51.4 Å². The van der Waals surface area contributed by atoms with E-state index in [4.69, 9.17) is 9.47 Å². The third-order valence-corrected chi connectivity index (χ3v) is 5.58. The number of aromatic nitrogens is 2. The van der Waals surface area contributed by atoms with Crippen molar-refractivity contribution in [2.24, 2.45) is 0 Å². The zero-order chi connectivity index (χ0) is 22.6. The van der Waals surface area contributed by atoms with Gasteiger partial charge in [0.15, 0.2) is 17.4 Å². The number of rotatable bonds is 2. The van der Waals surface area contributed by atoms with Crippen LogP contribution in [0.1, 0.15) is 34.1 Å². The maximum absolute atomic E-state index is 14.2. The van der Waals surface area contributed by atoms with Gasteiger partial charge in [-0.15, -0.1) is 10.2 Å². The Hall–Kier alpha value is -2.94. The number of para-hydroxylation sites is 1. The van der Waals surface area contributed by atoms with Crippen LogP contribution in [0, 0.1) is 5.82 Å². The number of halogens is 1. The quantitative estimate of drug-likeness (QED) is 0.781. The zero-order valence-electron chi connectivity index (χ0n) is 18.3. The van der Waals surface area contributed by atoms with Gasteiger partial charge in [0.2, 0.25) is 0 Å². The molecule has 1 aromatic heterocycles. The molecular formula is C22H27FN4O4. The van der Waals surface area contributed by atoms with Crippen LogP contribution in [0.5, 0.6) is 5.75 Å². The molecule has 3 heterocycles. The van der Waals surface area contributed by atoms with E-state index in [0.29, 0.717) is 42.3 Å². The summed E-state index contributed by atoms with van der Waals surface area (Å²) in [4.78, 5) is 16.5. The first kappa shape index (κ1) is 21.3. The van der Waals surface area contributed by atoms with Crippen LogP contribution in [-0.2, 0) is 4.74 Å². The lowest BCUT2D eigenvalue weighted by Gasteiger charge is -2.45. The molecule has 1 aromatic carbocycles. The summed E-state index contributed by atoms with van der Waals surface area (Å²) in [6.45, 7) is 8.10. The van der Waals surface area contributed by atoms with E-state index in [-0.39, 0.29) is 5.75 Å². The molecule has 2 aliphatic heterocycles. The lowest BCUT2D eigenvalue weighted by molar-refractivity contribution is 0.0567. The van der Waals surface area contributed by atoms with Crippen LogP contribution in [0.4, 0.5) is 20.7 Å². The van der Waals surface area contributed by atoms with Gasteiger partial charge >= 0.3 is 6.09 Å². The van der Waals surface area contributed by atoms with Crippen molar-refractivity contribution in [3.05, 3.63) is 30.1 Å². The Labute approximate surface area is 180 Å². The minimum atomic E-state index is -0.674. The second-order valence-corrected chi connectivity index (χ2v) is 9.29. The lowest BCUT2D eigenvalue weighted by atomic mass is 9.94. The molecule has 2 atom stereocenters. The van der Waals surface area contributed by atoms with Crippen molar-refractivity contribution in [1.29, 1.82) is 0 Å². The highest BCUT2D eigenvalue weighted by Gasteiger charge is 2.49. The number of methoxy groups -OCH3 is 1. The van der Waals surface area contributed by atoms with Gasteiger partial charge in [0.05, 0.1) is 36.7 Å². The van der Waals surface area contributed by atoms with Crippen LogP contribution in [0.25, 0.3) is 11.3 Å². The molecule has 2 aromatic rings. The molecule has 166 valence electrons. The minimum absolute atomic E-state index is 0.0702. The topological polar surface area (TPSA) is 88.0 Å². The second-order valence-electron chi connectivity index (χ2n) is 9.29. The Kier molecular flexibility index (Phi) is 5.04. The van der Waals surface area contributed by atoms with Gasteiger partial charge in [-0.1, -0.05) is 6.07 Å². The highest BCUT2D eigenvalue weighted by atomic mass is 19.1. The number of aliphatic hydroxyl groups is 1. The van der Waals surface area contributed by atoms with Crippen molar-refractivity contribution in [2.75, 3.05) is 30.0 Å². The van der Waals surface area contributed by atoms with Gasteiger partial charge in [-0.3, -0.25) is 4.90 Å². The minimum Gasteiger partial charge on any atom is -0.493 e. The summed E-state index contributed by atoms with van der Waals surface area (Å²) in [6, 6.07) is 6.34. The number of β-amino-alcohol motifs (C(OH)–C–C–N with tert-alkyl or cyclic N) is 1. The number of fused-ring (bicyclic) bond motifs is 3. The average molecular weight is 430 g/mol. The van der Waals surface area contributed by atoms with E-state index in [1.807, 2.05) is 11.8 Å². The van der Waals surface area contributed by atoms with E-state index in [1.54, 1.807) is 39.0 Å². The van der Waals surface area contributed by atoms with Gasteiger partial charge in [0, 0.05) is 12.1 Å². The molecule has 0 spiro atoms. The average Bonchev–Trinajstić information content (AvgIpc) is 2.99. The van der Waals surface area contributed by atoms with Gasteiger partial charge in [0.1, 0.15) is 5.60 Å². The summed E-state index contributed by atoms with van der Waals surface area (Å²) >= 11 is 0. The fraction of sp³-hybridized carbons (Fsp3) is 0.500. The number of carbonyl (C=O) groups excluding carboxylic acids is 1. The van der Waals surface area contributed by atoms with Crippen molar-refractivity contribution in [1.82, 2.24) is 10.2 Å². The highest BCUT2D eigenvalue weighted by molar-refractivity contribution is 5.93. The van der Waals surface area contributed by atoms with Crippen molar-refractivity contribution in [3.8, 4) is 17.0 Å². The van der Waals surface area contributed by atoms with Crippen LogP contribution in [0.2, 0.25) is 0 Å². The summed E-state index contributed by atoms with van der Waals surface area (Å²) in [7, 11) is 1.39. The van der Waals surface area contributed by atoms with Gasteiger partial charge in [-0.05, 0) is 52.3 Å². The Balaban J connectivity index is 1.84. The predicted molar refractivity (Wildman–Crippen MR) is 114 cm³/mol. The molecule has 1 N–H and O–H groups in total. The molecule has 1 amide bonds. The number of aliphatic hydroxyl groups excluding tert-OH is 1. The highest BCUT2D eigenvalue weighted by Crippen LogP contribution is 2.45. The Morgan fingerprint density at radius 2 is 2.06 bits per heavy atom. The molecule has 31 heavy (non-hydrogen) atoms. The molecule has 2 aliphatic rings. The number of ether oxygens (including phenoxy) is 2. The molecule has 0 aliphatic carbocycles. The van der Waals surface area contributed by atoms with Gasteiger partial charge < -0.3 is 19.5 Å². The smallest absolute Gasteiger partial charge is 0.416 e. The number of nitrogens with zero attached hydrogens (tertiary/aromatic N) is 4. The maximum atomic E-state index is 14.2. The number of carbonyl (C=O) groups is 1. The summed E-state index contributed by atoms with van der Waals surface area (Å²) < 4.78 is 25.1. The predicted octanol–water partition coefficient (Wildman–Crippen LogP) is 3.38. The van der Waals surface area contributed by atoms with E-state index in [1.165, 1.54) is 18.1 Å². The molecule has 0 radical (unpaired) electrons. The first-order valence-electron chi connectivity index (χ1n) is 10.2. The standard InChI is InChI=1S/C22H27FN4O4/c1-21(2,3)31-20(29)26-12-22(4)10-13(28)11-27(22)17-9-16(24-25-19(17)26)14-7-6-8-15(23)18(14)30-5/h6-9,13,28H,10-12H2,1-5H3. The largest absolute Gasteiger partial charge is 0.493 e. The van der Waals surface area contributed by atoms with Crippen LogP contribution >= 0.6 is 0 Å². The molecule has 1 saturated heterocycles. The van der Waals surface area contributed by atoms with Gasteiger partial charge in [0.25, 0.3) is 0 Å². The number of hydrogen-bond donors (Lipinski definition) is 1. The molecule has 0 bridgehead atoms. The van der Waals surface area contributed by atoms with Gasteiger partial charge in [-0.25, -0.2) is 9.18 Å². The first-order valence-corrected chi connectivity index (χ1v) is 10.2. The Bertz CT molecular complexity index is 1030. The summed E-state index contributed by atoms with van der Waals surface area (Å²) in [5.41, 5.74) is 0.314. The van der Waals surface area contributed by atoms with E-state index in [9.17, 15) is 14.3 Å². The van der Waals surface area contributed by atoms with E-state index in [2.05, 4.69) is 10.2 Å². The Morgan fingerprint density at radius 3 is 2.74 bits per heavy atom. The van der Waals surface area contributed by atoms with Crippen molar-refractivity contribution < 1.29 is 23.8 Å². The fourth-order valence-corrected chi connectivity index (χ4v) is 4.35. The fourth-order valence-electron chi connectivity index (χ4n) is 4.35. The van der Waals surface area contributed by atoms with Crippen LogP contribution < -0.4 is 14.5 Å². The second kappa shape index (κ2) is 7.33. The molecular weight excluding hydrogens is 403 g/mol. The molecule has 9 heteroatoms. The van der Waals surface area contributed by atoms with E-state index < -0.39 is 29.2 Å². The van der Waals surface area contributed by atoms with Crippen molar-refractivity contribution >= 4 is 17.6 Å². The molecule has 8 nitrogen and oxygen atoms in total.